The first kappa shape index (κ1) is 15.9. The molecule has 1 aromatic carbocycles. The van der Waals surface area contributed by atoms with Gasteiger partial charge in [-0.25, -0.2) is 0 Å². The van der Waals surface area contributed by atoms with Crippen molar-refractivity contribution < 1.29 is 9.90 Å². The molecule has 0 spiro atoms. The summed E-state index contributed by atoms with van der Waals surface area (Å²) in [4.78, 5) is 12.4. The van der Waals surface area contributed by atoms with Crippen LogP contribution in [-0.4, -0.2) is 17.5 Å². The summed E-state index contributed by atoms with van der Waals surface area (Å²) in [7, 11) is 0. The molecule has 1 aromatic rings. The van der Waals surface area contributed by atoms with Gasteiger partial charge in [0.15, 0.2) is 5.78 Å². The lowest BCUT2D eigenvalue weighted by molar-refractivity contribution is 0.0855. The fourth-order valence-electron chi connectivity index (χ4n) is 2.39. The molecule has 0 saturated carbocycles. The predicted molar refractivity (Wildman–Crippen MR) is 79.8 cm³/mol. The number of carbonyl (C=O) groups is 1. The number of hydrogen-bond acceptors (Lipinski definition) is 2. The van der Waals surface area contributed by atoms with Gasteiger partial charge in [0.25, 0.3) is 0 Å². The molecule has 1 unspecified atom stereocenters. The summed E-state index contributed by atoms with van der Waals surface area (Å²) in [6.45, 7) is 12.4. The molecule has 1 N–H and O–H groups in total. The molecule has 0 bridgehead atoms. The minimum absolute atomic E-state index is 0.0699. The number of Topliss-reactive ketones (excluding diaryl/α,β-unsaturated/α-hetero) is 1. The van der Waals surface area contributed by atoms with Gasteiger partial charge in [0.1, 0.15) is 0 Å². The van der Waals surface area contributed by atoms with E-state index in [1.807, 2.05) is 20.8 Å². The van der Waals surface area contributed by atoms with E-state index in [1.54, 1.807) is 0 Å². The fourth-order valence-corrected chi connectivity index (χ4v) is 2.39. The maximum Gasteiger partial charge on any atom is 0.168 e. The molecule has 0 aliphatic rings. The van der Waals surface area contributed by atoms with Crippen molar-refractivity contribution >= 4 is 5.78 Å². The SMILES string of the molecule is CCC(CO)C(=O)c1c(C)cc(C(C)(C)C)cc1C. The van der Waals surface area contributed by atoms with Crippen molar-refractivity contribution in [2.24, 2.45) is 5.92 Å². The van der Waals surface area contributed by atoms with E-state index in [1.165, 1.54) is 5.56 Å². The van der Waals surface area contributed by atoms with E-state index in [9.17, 15) is 9.90 Å². The third-order valence-electron chi connectivity index (χ3n) is 3.73. The summed E-state index contributed by atoms with van der Waals surface area (Å²) in [6, 6.07) is 4.20. The molecule has 2 nitrogen and oxygen atoms in total. The normalized spacial score (nSPS) is 13.4. The van der Waals surface area contributed by atoms with Gasteiger partial charge >= 0.3 is 0 Å². The van der Waals surface area contributed by atoms with Gasteiger partial charge in [-0.1, -0.05) is 39.8 Å². The molecule has 0 fully saturated rings. The molecule has 0 heterocycles. The molecule has 0 aromatic heterocycles. The first-order valence-electron chi connectivity index (χ1n) is 6.99. The predicted octanol–water partition coefficient (Wildman–Crippen LogP) is 3.80. The molecule has 0 aliphatic heterocycles. The second kappa shape index (κ2) is 5.87. The summed E-state index contributed by atoms with van der Waals surface area (Å²) in [5, 5.41) is 9.30. The van der Waals surface area contributed by atoms with Crippen molar-refractivity contribution in [2.75, 3.05) is 6.61 Å². The number of ketones is 1. The van der Waals surface area contributed by atoms with E-state index in [4.69, 9.17) is 0 Å². The second-order valence-corrected chi connectivity index (χ2v) is 6.39. The van der Waals surface area contributed by atoms with E-state index in [0.717, 1.165) is 16.7 Å². The van der Waals surface area contributed by atoms with Gasteiger partial charge in [-0.05, 0) is 42.4 Å². The van der Waals surface area contributed by atoms with E-state index in [2.05, 4.69) is 32.9 Å². The van der Waals surface area contributed by atoms with Crippen LogP contribution in [0.2, 0.25) is 0 Å². The Hall–Kier alpha value is -1.15. The number of hydrogen-bond donors (Lipinski definition) is 1. The fraction of sp³-hybridized carbons (Fsp3) is 0.588. The van der Waals surface area contributed by atoms with Crippen LogP contribution in [-0.2, 0) is 5.41 Å². The third-order valence-corrected chi connectivity index (χ3v) is 3.73. The van der Waals surface area contributed by atoms with Crippen molar-refractivity contribution in [3.63, 3.8) is 0 Å². The van der Waals surface area contributed by atoms with E-state index < -0.39 is 0 Å². The highest BCUT2D eigenvalue weighted by atomic mass is 16.3. The summed E-state index contributed by atoms with van der Waals surface area (Å²) in [6.07, 6.45) is 0.676. The Morgan fingerprint density at radius 2 is 1.68 bits per heavy atom. The van der Waals surface area contributed by atoms with Crippen molar-refractivity contribution in [1.82, 2.24) is 0 Å². The zero-order valence-corrected chi connectivity index (χ0v) is 13.0. The quantitative estimate of drug-likeness (QED) is 0.838. The van der Waals surface area contributed by atoms with Crippen molar-refractivity contribution in [2.45, 2.75) is 53.4 Å². The Bertz CT molecular complexity index is 440. The molecule has 0 aliphatic carbocycles. The van der Waals surface area contributed by atoms with Crippen LogP contribution >= 0.6 is 0 Å². The Balaban J connectivity index is 3.28. The molecule has 106 valence electrons. The zero-order valence-electron chi connectivity index (χ0n) is 13.0. The van der Waals surface area contributed by atoms with Crippen LogP contribution in [0.3, 0.4) is 0 Å². The maximum atomic E-state index is 12.4. The van der Waals surface area contributed by atoms with Gasteiger partial charge in [0.2, 0.25) is 0 Å². The molecular weight excluding hydrogens is 236 g/mol. The van der Waals surface area contributed by atoms with Crippen LogP contribution in [0.15, 0.2) is 12.1 Å². The van der Waals surface area contributed by atoms with Gasteiger partial charge in [-0.2, -0.15) is 0 Å². The lowest BCUT2D eigenvalue weighted by Crippen LogP contribution is -2.21. The van der Waals surface area contributed by atoms with E-state index >= 15 is 0 Å². The average Bonchev–Trinajstić information content (AvgIpc) is 2.28. The Morgan fingerprint density at radius 3 is 2.00 bits per heavy atom. The standard InChI is InChI=1S/C17H26O2/c1-7-13(10-18)16(19)15-11(2)8-14(9-12(15)3)17(4,5)6/h8-9,13,18H,7,10H2,1-6H3. The van der Waals surface area contributed by atoms with E-state index in [0.29, 0.717) is 6.42 Å². The van der Waals surface area contributed by atoms with Crippen LogP contribution in [0.1, 0.15) is 61.2 Å². The largest absolute Gasteiger partial charge is 0.396 e. The number of benzene rings is 1. The molecule has 19 heavy (non-hydrogen) atoms. The molecule has 1 rings (SSSR count). The number of aliphatic hydroxyl groups excluding tert-OH is 1. The number of aliphatic hydroxyl groups is 1. The van der Waals surface area contributed by atoms with Gasteiger partial charge in [0, 0.05) is 11.5 Å². The van der Waals surface area contributed by atoms with Crippen LogP contribution in [0.25, 0.3) is 0 Å². The minimum atomic E-state index is -0.280. The lowest BCUT2D eigenvalue weighted by atomic mass is 9.82. The minimum Gasteiger partial charge on any atom is -0.396 e. The summed E-state index contributed by atoms with van der Waals surface area (Å²) in [5.41, 5.74) is 4.15. The van der Waals surface area contributed by atoms with Gasteiger partial charge < -0.3 is 5.11 Å². The summed E-state index contributed by atoms with van der Waals surface area (Å²) in [5.74, 6) is -0.210. The van der Waals surface area contributed by atoms with Crippen molar-refractivity contribution in [1.29, 1.82) is 0 Å². The van der Waals surface area contributed by atoms with Crippen LogP contribution < -0.4 is 0 Å². The average molecular weight is 262 g/mol. The molecule has 0 amide bonds. The molecule has 0 saturated heterocycles. The Labute approximate surface area is 116 Å². The number of rotatable bonds is 4. The van der Waals surface area contributed by atoms with Crippen molar-refractivity contribution in [3.8, 4) is 0 Å². The highest BCUT2D eigenvalue weighted by molar-refractivity contribution is 6.00. The van der Waals surface area contributed by atoms with Gasteiger partial charge in [-0.15, -0.1) is 0 Å². The smallest absolute Gasteiger partial charge is 0.168 e. The molecular formula is C17H26O2. The molecule has 1 atom stereocenters. The summed E-state index contributed by atoms with van der Waals surface area (Å²) >= 11 is 0. The second-order valence-electron chi connectivity index (χ2n) is 6.39. The van der Waals surface area contributed by atoms with Gasteiger partial charge in [-0.3, -0.25) is 4.79 Å². The van der Waals surface area contributed by atoms with Crippen LogP contribution in [0.5, 0.6) is 0 Å². The monoisotopic (exact) mass is 262 g/mol. The first-order valence-corrected chi connectivity index (χ1v) is 6.99. The zero-order chi connectivity index (χ0) is 14.8. The van der Waals surface area contributed by atoms with Crippen molar-refractivity contribution in [3.05, 3.63) is 34.4 Å². The van der Waals surface area contributed by atoms with Crippen LogP contribution in [0.4, 0.5) is 0 Å². The lowest BCUT2D eigenvalue weighted by Gasteiger charge is -2.23. The first-order chi connectivity index (χ1) is 8.72. The Morgan fingerprint density at radius 1 is 1.21 bits per heavy atom. The summed E-state index contributed by atoms with van der Waals surface area (Å²) < 4.78 is 0. The highest BCUT2D eigenvalue weighted by Crippen LogP contribution is 2.28. The highest BCUT2D eigenvalue weighted by Gasteiger charge is 2.23. The topological polar surface area (TPSA) is 37.3 Å². The maximum absolute atomic E-state index is 12.4. The van der Waals surface area contributed by atoms with Gasteiger partial charge in [0.05, 0.1) is 6.61 Å². The molecule has 0 radical (unpaired) electrons. The Kier molecular flexibility index (Phi) is 4.92. The van der Waals surface area contributed by atoms with Crippen LogP contribution in [0, 0.1) is 19.8 Å². The number of carbonyl (C=O) groups excluding carboxylic acids is 1. The number of aryl methyl sites for hydroxylation is 2. The van der Waals surface area contributed by atoms with E-state index in [-0.39, 0.29) is 23.7 Å². The molecule has 2 heteroatoms. The third kappa shape index (κ3) is 3.44.